The van der Waals surface area contributed by atoms with Gasteiger partial charge in [-0.25, -0.2) is 4.79 Å². The van der Waals surface area contributed by atoms with Crippen LogP contribution < -0.4 is 0 Å². The zero-order chi connectivity index (χ0) is 13.5. The van der Waals surface area contributed by atoms with Gasteiger partial charge in [0.1, 0.15) is 0 Å². The molecule has 6 heteroatoms. The van der Waals surface area contributed by atoms with Crippen molar-refractivity contribution < 1.29 is 18.4 Å². The highest BCUT2D eigenvalue weighted by atomic mass is 35.5. The molecule has 0 atom stereocenters. The van der Waals surface area contributed by atoms with Crippen molar-refractivity contribution >= 4 is 27.6 Å². The average Bonchev–Trinajstić information content (AvgIpc) is 2.30. The number of hydrogen-bond donors (Lipinski definition) is 0. The largest absolute Gasteiger partial charge is 0.462 e. The first-order chi connectivity index (χ1) is 8.09. The lowest BCUT2D eigenvalue weighted by molar-refractivity contribution is -0.138. The molecule has 0 aliphatic carbocycles. The molecule has 0 heterocycles. The van der Waals surface area contributed by atoms with Crippen molar-refractivity contribution in [3.05, 3.63) is 12.2 Å². The van der Waals surface area contributed by atoms with E-state index in [0.717, 1.165) is 13.2 Å². The smallest absolute Gasteiger partial charge is 0.333 e. The van der Waals surface area contributed by atoms with E-state index in [4.69, 9.17) is 25.2 Å². The van der Waals surface area contributed by atoms with Gasteiger partial charge in [0.15, 0.2) is 0 Å². The molecule has 0 fully saturated rings. The fourth-order valence-corrected chi connectivity index (χ4v) is 1.13. The summed E-state index contributed by atoms with van der Waals surface area (Å²) in [4.78, 5) is 10.7. The normalized spacial score (nSPS) is 9.18. The van der Waals surface area contributed by atoms with Crippen molar-refractivity contribution in [2.24, 2.45) is 0 Å². The molecule has 0 spiro atoms. The van der Waals surface area contributed by atoms with Gasteiger partial charge in [0.25, 0.3) is 0 Å². The van der Waals surface area contributed by atoms with Gasteiger partial charge in [-0.1, -0.05) is 6.58 Å². The molecule has 0 aliphatic heterocycles. The summed E-state index contributed by atoms with van der Waals surface area (Å²) in [6.45, 7) is 11.0. The minimum absolute atomic E-state index is 0.342. The van der Waals surface area contributed by atoms with Gasteiger partial charge in [0.05, 0.1) is 6.61 Å². The van der Waals surface area contributed by atoms with Gasteiger partial charge in [0, 0.05) is 24.7 Å². The van der Waals surface area contributed by atoms with Crippen LogP contribution in [0.1, 0.15) is 27.2 Å². The summed E-state index contributed by atoms with van der Waals surface area (Å²) in [5.74, 6) is 0.175. The van der Waals surface area contributed by atoms with Gasteiger partial charge in [0.2, 0.25) is 0 Å². The maximum absolute atomic E-state index is 10.7. The zero-order valence-electron chi connectivity index (χ0n) is 11.0. The third-order valence-corrected chi connectivity index (χ3v) is 2.85. The fraction of sp³-hybridized carbons (Fsp3) is 0.727. The number of ether oxygens (including phenoxy) is 1. The molecule has 0 saturated heterocycles. The van der Waals surface area contributed by atoms with E-state index in [2.05, 4.69) is 6.58 Å². The Morgan fingerprint density at radius 1 is 1.29 bits per heavy atom. The van der Waals surface area contributed by atoms with E-state index in [1.54, 1.807) is 6.92 Å². The molecule has 0 unspecified atom stereocenters. The second-order valence-electron chi connectivity index (χ2n) is 3.06. The van der Waals surface area contributed by atoms with Crippen molar-refractivity contribution in [2.75, 3.05) is 25.7 Å². The third-order valence-electron chi connectivity index (χ3n) is 1.43. The predicted molar refractivity (Wildman–Crippen MR) is 72.9 cm³/mol. The van der Waals surface area contributed by atoms with Crippen LogP contribution >= 0.6 is 11.6 Å². The van der Waals surface area contributed by atoms with E-state index in [1.165, 1.54) is 0 Å². The van der Waals surface area contributed by atoms with E-state index in [1.807, 2.05) is 13.8 Å². The van der Waals surface area contributed by atoms with Crippen molar-refractivity contribution in [1.29, 1.82) is 0 Å². The molecule has 0 rings (SSSR count). The number of carbonyl (C=O) groups is 1. The fourth-order valence-electron chi connectivity index (χ4n) is 0.568. The number of rotatable bonds is 8. The summed E-state index contributed by atoms with van der Waals surface area (Å²) in [5.41, 5.74) is 0.426. The van der Waals surface area contributed by atoms with Crippen LogP contribution in [0.4, 0.5) is 0 Å². The molecule has 0 radical (unpaired) electrons. The van der Waals surface area contributed by atoms with Crippen LogP contribution in [0.3, 0.4) is 0 Å². The van der Waals surface area contributed by atoms with Crippen LogP contribution in [0, 0.1) is 0 Å². The summed E-state index contributed by atoms with van der Waals surface area (Å²) in [6, 6.07) is 0. The van der Waals surface area contributed by atoms with Crippen molar-refractivity contribution in [1.82, 2.24) is 0 Å². The molecular weight excluding hydrogens is 260 g/mol. The molecule has 17 heavy (non-hydrogen) atoms. The first-order valence-corrected chi connectivity index (χ1v) is 7.33. The molecule has 102 valence electrons. The second-order valence-corrected chi connectivity index (χ2v) is 4.49. The lowest BCUT2D eigenvalue weighted by Crippen LogP contribution is -2.06. The molecule has 0 N–H and O–H groups in total. The van der Waals surface area contributed by atoms with E-state index in [9.17, 15) is 4.79 Å². The number of carbonyl (C=O) groups excluding carboxylic acids is 1. The topological polar surface area (TPSA) is 44.8 Å². The highest BCUT2D eigenvalue weighted by Gasteiger charge is 2.00. The Bertz CT molecular complexity index is 196. The molecule has 0 aliphatic rings. The Morgan fingerprint density at radius 2 is 1.82 bits per heavy atom. The summed E-state index contributed by atoms with van der Waals surface area (Å²) in [6.07, 6.45) is 0.695. The van der Waals surface area contributed by atoms with Gasteiger partial charge in [-0.2, -0.15) is 0 Å². The van der Waals surface area contributed by atoms with Crippen molar-refractivity contribution in [3.63, 3.8) is 0 Å². The summed E-state index contributed by atoms with van der Waals surface area (Å²) in [7, 11) is -0.589. The predicted octanol–water partition coefficient (Wildman–Crippen LogP) is 1.79. The summed E-state index contributed by atoms with van der Waals surface area (Å²) < 4.78 is 14.7. The molecule has 0 aromatic carbocycles. The van der Waals surface area contributed by atoms with E-state index in [-0.39, 0.29) is 5.97 Å². The molecule has 0 aromatic rings. The minimum Gasteiger partial charge on any atom is -0.462 e. The van der Waals surface area contributed by atoms with Crippen LogP contribution in [0.25, 0.3) is 0 Å². The zero-order valence-corrected chi connectivity index (χ0v) is 13.1. The standard InChI is InChI=1S/C7H11ClO2.C4H12O2Si/c1-6(2)7(9)10-5-3-4-8;1-3-5-7-6-4-2/h1,3-5H2,2H3;3-4,7H2,1-2H3. The lowest BCUT2D eigenvalue weighted by atomic mass is 10.4. The highest BCUT2D eigenvalue weighted by molar-refractivity contribution is 6.18. The van der Waals surface area contributed by atoms with Gasteiger partial charge in [-0.15, -0.1) is 11.6 Å². The van der Waals surface area contributed by atoms with Crippen LogP contribution in [0.2, 0.25) is 0 Å². The Labute approximate surface area is 111 Å². The van der Waals surface area contributed by atoms with Crippen LogP contribution in [0.5, 0.6) is 0 Å². The van der Waals surface area contributed by atoms with Gasteiger partial charge >= 0.3 is 16.0 Å². The monoisotopic (exact) mass is 282 g/mol. The average molecular weight is 283 g/mol. The first kappa shape index (κ1) is 19.0. The van der Waals surface area contributed by atoms with Gasteiger partial charge in [-0.05, 0) is 27.2 Å². The summed E-state index contributed by atoms with van der Waals surface area (Å²) >= 11 is 5.35. The van der Waals surface area contributed by atoms with E-state index < -0.39 is 10.0 Å². The maximum atomic E-state index is 10.7. The Balaban J connectivity index is 0. The molecule has 0 amide bonds. The number of hydrogen-bond acceptors (Lipinski definition) is 4. The quantitative estimate of drug-likeness (QED) is 0.224. The van der Waals surface area contributed by atoms with E-state index in [0.29, 0.717) is 24.5 Å². The Morgan fingerprint density at radius 3 is 2.18 bits per heavy atom. The highest BCUT2D eigenvalue weighted by Crippen LogP contribution is 1.93. The SMILES string of the molecule is C=C(C)C(=O)OCCCCl.CCO[SiH2]OCC. The van der Waals surface area contributed by atoms with Gasteiger partial charge < -0.3 is 13.6 Å². The van der Waals surface area contributed by atoms with E-state index >= 15 is 0 Å². The second kappa shape index (κ2) is 15.6. The number of esters is 1. The van der Waals surface area contributed by atoms with Crippen LogP contribution in [0.15, 0.2) is 12.2 Å². The molecule has 0 aromatic heterocycles. The van der Waals surface area contributed by atoms with Crippen molar-refractivity contribution in [2.45, 2.75) is 27.2 Å². The maximum Gasteiger partial charge on any atom is 0.333 e. The molecular formula is C11H23ClO4Si. The molecule has 0 bridgehead atoms. The lowest BCUT2D eigenvalue weighted by Gasteiger charge is -2.00. The number of halogens is 1. The van der Waals surface area contributed by atoms with Gasteiger partial charge in [-0.3, -0.25) is 0 Å². The Kier molecular flexibility index (Phi) is 17.5. The number of alkyl halides is 1. The third kappa shape index (κ3) is 18.2. The summed E-state index contributed by atoms with van der Waals surface area (Å²) in [5, 5.41) is 0. The molecule has 0 saturated carbocycles. The Hall–Kier alpha value is -0.363. The minimum atomic E-state index is -0.589. The van der Waals surface area contributed by atoms with Crippen molar-refractivity contribution in [3.8, 4) is 0 Å². The van der Waals surface area contributed by atoms with Crippen LogP contribution in [-0.2, 0) is 18.4 Å². The molecule has 4 nitrogen and oxygen atoms in total. The first-order valence-electron chi connectivity index (χ1n) is 5.64. The van der Waals surface area contributed by atoms with Crippen LogP contribution in [-0.4, -0.2) is 41.7 Å².